The molecular formula is C28H33ClN6O5S. The van der Waals surface area contributed by atoms with Gasteiger partial charge < -0.3 is 26.0 Å². The summed E-state index contributed by atoms with van der Waals surface area (Å²) in [5.41, 5.74) is 7.36. The third kappa shape index (κ3) is 5.70. The van der Waals surface area contributed by atoms with Crippen LogP contribution in [0.2, 0.25) is 5.02 Å². The number of primary amides is 1. The maximum Gasteiger partial charge on any atom is 0.319 e. The molecule has 1 saturated heterocycles. The van der Waals surface area contributed by atoms with Crippen molar-refractivity contribution in [3.63, 3.8) is 0 Å². The predicted octanol–water partition coefficient (Wildman–Crippen LogP) is 5.06. The zero-order chi connectivity index (χ0) is 29.4. The van der Waals surface area contributed by atoms with Crippen LogP contribution in [0.4, 0.5) is 16.3 Å². The molecule has 11 nitrogen and oxygen atoms in total. The van der Waals surface area contributed by atoms with E-state index < -0.39 is 21.2 Å². The van der Waals surface area contributed by atoms with Gasteiger partial charge in [0.15, 0.2) is 5.82 Å². The van der Waals surface area contributed by atoms with Crippen molar-refractivity contribution in [2.24, 2.45) is 5.73 Å². The van der Waals surface area contributed by atoms with Crippen LogP contribution >= 0.6 is 22.2 Å². The van der Waals surface area contributed by atoms with E-state index >= 15 is 0 Å². The second-order valence-electron chi connectivity index (χ2n) is 10.2. The van der Waals surface area contributed by atoms with Crippen LogP contribution in [0.3, 0.4) is 0 Å². The Labute approximate surface area is 244 Å². The number of nitrogens with zero attached hydrogens (tertiary/aromatic N) is 3. The number of hydrogen-bond acceptors (Lipinski definition) is 8. The van der Waals surface area contributed by atoms with Gasteiger partial charge in [-0.25, -0.2) is 14.8 Å². The molecule has 3 amide bonds. The molecule has 1 aliphatic carbocycles. The van der Waals surface area contributed by atoms with Crippen molar-refractivity contribution in [1.82, 2.24) is 15.3 Å². The fraction of sp³-hybridized carbons (Fsp3) is 0.357. The summed E-state index contributed by atoms with van der Waals surface area (Å²) in [5.74, 6) is 0.410. The van der Waals surface area contributed by atoms with E-state index in [9.17, 15) is 18.7 Å². The van der Waals surface area contributed by atoms with E-state index in [1.165, 1.54) is 18.2 Å². The fourth-order valence-electron chi connectivity index (χ4n) is 4.95. The lowest BCUT2D eigenvalue weighted by atomic mass is 10.1. The number of ether oxygens (including phenoxy) is 1. The molecule has 5 rings (SSSR count). The minimum atomic E-state index is -3.51. The Balaban J connectivity index is 1.56. The zero-order valence-electron chi connectivity index (χ0n) is 22.8. The molecule has 2 heterocycles. The van der Waals surface area contributed by atoms with Gasteiger partial charge in [0.2, 0.25) is 5.91 Å². The van der Waals surface area contributed by atoms with Crippen molar-refractivity contribution in [1.29, 1.82) is 0 Å². The second-order valence-corrected chi connectivity index (χ2v) is 12.9. The lowest BCUT2D eigenvalue weighted by Crippen LogP contribution is -2.44. The first-order chi connectivity index (χ1) is 19.6. The van der Waals surface area contributed by atoms with Crippen molar-refractivity contribution < 1.29 is 23.4 Å². The van der Waals surface area contributed by atoms with E-state index in [2.05, 4.69) is 15.5 Å². The smallest absolute Gasteiger partial charge is 0.319 e. The van der Waals surface area contributed by atoms with Gasteiger partial charge in [0.25, 0.3) is 0 Å². The Morgan fingerprint density at radius 2 is 1.90 bits per heavy atom. The third-order valence-electron chi connectivity index (χ3n) is 7.35. The third-order valence-corrected chi connectivity index (χ3v) is 10.5. The maximum atomic E-state index is 11.9. The number of anilines is 2. The predicted molar refractivity (Wildman–Crippen MR) is 160 cm³/mol. The van der Waals surface area contributed by atoms with E-state index in [4.69, 9.17) is 32.0 Å². The molecular weight excluding hydrogens is 568 g/mol. The van der Waals surface area contributed by atoms with Crippen molar-refractivity contribution in [2.45, 2.75) is 42.4 Å². The van der Waals surface area contributed by atoms with Crippen molar-refractivity contribution in [3.05, 3.63) is 64.8 Å². The number of amides is 3. The Morgan fingerprint density at radius 1 is 1.17 bits per heavy atom. The zero-order valence-corrected chi connectivity index (χ0v) is 24.3. The van der Waals surface area contributed by atoms with E-state index in [0.717, 1.165) is 0 Å². The molecule has 0 radical (unpaired) electrons. The summed E-state index contributed by atoms with van der Waals surface area (Å²) in [6.07, 6.45) is 0.959. The topological polar surface area (TPSA) is 163 Å². The highest BCUT2D eigenvalue weighted by Gasteiger charge is 2.58. The molecule has 1 saturated carbocycles. The summed E-state index contributed by atoms with van der Waals surface area (Å²) in [4.78, 5) is 35.5. The van der Waals surface area contributed by atoms with E-state index in [0.29, 0.717) is 67.7 Å². The molecule has 2 aliphatic rings. The van der Waals surface area contributed by atoms with Crippen LogP contribution in [0.5, 0.6) is 0 Å². The summed E-state index contributed by atoms with van der Waals surface area (Å²) in [7, 11) is -3.51. The Bertz CT molecular complexity index is 1470. The van der Waals surface area contributed by atoms with Crippen molar-refractivity contribution in [3.8, 4) is 11.4 Å². The van der Waals surface area contributed by atoms with Crippen LogP contribution in [0.1, 0.15) is 42.7 Å². The first kappa shape index (κ1) is 29.1. The van der Waals surface area contributed by atoms with Gasteiger partial charge in [-0.15, -0.1) is 0 Å². The summed E-state index contributed by atoms with van der Waals surface area (Å²) in [5, 5.41) is 5.52. The number of carbonyl (C=O) groups is 2. The molecule has 2 fully saturated rings. The van der Waals surface area contributed by atoms with E-state index in [1.807, 2.05) is 32.0 Å². The lowest BCUT2D eigenvalue weighted by molar-refractivity contribution is 0.0985. The quantitative estimate of drug-likeness (QED) is 0.239. The fourth-order valence-corrected chi connectivity index (χ4v) is 7.53. The summed E-state index contributed by atoms with van der Waals surface area (Å²) >= 11 is 6.45. The molecule has 3 aromatic rings. The van der Waals surface area contributed by atoms with Crippen LogP contribution in [0, 0.1) is 0 Å². The van der Waals surface area contributed by atoms with Gasteiger partial charge in [0.1, 0.15) is 10.6 Å². The number of halogens is 1. The molecule has 1 aliphatic heterocycles. The Kier molecular flexibility index (Phi) is 8.13. The molecule has 41 heavy (non-hydrogen) atoms. The number of morpholine rings is 1. The number of nitrogens with one attached hydrogen (secondary N) is 2. The molecule has 1 atom stereocenters. The van der Waals surface area contributed by atoms with Gasteiger partial charge in [0, 0.05) is 36.0 Å². The van der Waals surface area contributed by atoms with Gasteiger partial charge in [-0.1, -0.05) is 11.6 Å². The SMILES string of the molecule is CCNC(=O)Nc1ccc(-c2nc(N3CCOC[C@@H]3C)cc(C3(S(O)(O)c4ccc(C(N)=O)cc4Cl)CC3)n2)cc1. The Hall–Kier alpha value is -3.42. The normalized spacial score (nSPS) is 18.5. The average Bonchev–Trinajstić information content (AvgIpc) is 3.76. The molecule has 218 valence electrons. The number of nitrogens with two attached hydrogens (primary N) is 1. The largest absolute Gasteiger partial charge is 0.377 e. The Morgan fingerprint density at radius 3 is 2.51 bits per heavy atom. The van der Waals surface area contributed by atoms with Gasteiger partial charge >= 0.3 is 6.03 Å². The lowest BCUT2D eigenvalue weighted by Gasteiger charge is -2.42. The summed E-state index contributed by atoms with van der Waals surface area (Å²) in [6, 6.07) is 13.0. The second kappa shape index (κ2) is 11.5. The highest BCUT2D eigenvalue weighted by molar-refractivity contribution is 8.25. The average molecular weight is 601 g/mol. The minimum absolute atomic E-state index is 0.0503. The van der Waals surface area contributed by atoms with Gasteiger partial charge in [-0.2, -0.15) is 10.6 Å². The monoisotopic (exact) mass is 600 g/mol. The molecule has 0 unspecified atom stereocenters. The van der Waals surface area contributed by atoms with Crippen LogP contribution in [-0.2, 0) is 9.48 Å². The highest BCUT2D eigenvalue weighted by atomic mass is 35.5. The van der Waals surface area contributed by atoms with Crippen molar-refractivity contribution in [2.75, 3.05) is 36.5 Å². The number of aromatic nitrogens is 2. The number of rotatable bonds is 8. The number of urea groups is 1. The van der Waals surface area contributed by atoms with Crippen LogP contribution in [0.25, 0.3) is 11.4 Å². The number of hydrogen-bond donors (Lipinski definition) is 5. The van der Waals surface area contributed by atoms with Crippen LogP contribution in [-0.4, -0.2) is 63.4 Å². The number of benzene rings is 2. The molecule has 13 heteroatoms. The van der Waals surface area contributed by atoms with E-state index in [-0.39, 0.29) is 27.6 Å². The maximum absolute atomic E-state index is 11.9. The van der Waals surface area contributed by atoms with Gasteiger partial charge in [0.05, 0.1) is 34.9 Å². The van der Waals surface area contributed by atoms with Gasteiger partial charge in [-0.3, -0.25) is 13.9 Å². The highest BCUT2D eigenvalue weighted by Crippen LogP contribution is 2.76. The first-order valence-corrected chi connectivity index (χ1v) is 15.2. The standard InChI is InChI=1S/C28H33ClN6O5S/c1-3-31-27(37)32-20-7-4-18(5-8-20)26-33-23(15-24(34-26)35-12-13-40-16-17(35)2)28(10-11-28)41(38,39)22-9-6-19(25(30)36)14-21(22)29/h4-9,14-15,17,38-39H,3,10-13,16H2,1-2H3,(H2,30,36)(H2,31,32,37)/t17-/m0/s1. The van der Waals surface area contributed by atoms with Crippen molar-refractivity contribution >= 4 is 45.6 Å². The van der Waals surface area contributed by atoms with Crippen LogP contribution < -0.4 is 21.3 Å². The summed E-state index contributed by atoms with van der Waals surface area (Å²) < 4.78 is 28.0. The number of carbonyl (C=O) groups excluding carboxylic acids is 2. The van der Waals surface area contributed by atoms with E-state index in [1.54, 1.807) is 12.1 Å². The first-order valence-electron chi connectivity index (χ1n) is 13.3. The molecule has 0 spiro atoms. The minimum Gasteiger partial charge on any atom is -0.377 e. The molecule has 1 aromatic heterocycles. The summed E-state index contributed by atoms with van der Waals surface area (Å²) in [6.45, 7) is 6.10. The molecule has 6 N–H and O–H groups in total. The van der Waals surface area contributed by atoms with Gasteiger partial charge in [-0.05, 0) is 69.2 Å². The molecule has 0 bridgehead atoms. The van der Waals surface area contributed by atoms with Crippen LogP contribution in [0.15, 0.2) is 53.4 Å². The molecule has 2 aromatic carbocycles.